The molecule has 0 fully saturated rings. The number of hydrogen-bond donors (Lipinski definition) is 0. The minimum Gasteiger partial charge on any atom is -0.545 e. The van der Waals surface area contributed by atoms with E-state index in [-0.39, 0.29) is 11.5 Å². The maximum Gasteiger partial charge on any atom is 0.170 e. The Bertz CT molecular complexity index is 251. The number of carboxylic acids is 1. The highest BCUT2D eigenvalue weighted by molar-refractivity contribution is 6.16. The van der Waals surface area contributed by atoms with Crippen LogP contribution in [0.2, 0.25) is 0 Å². The standard InChI is InChI=1S/C11H18O4/c1-4-8(5-2)10(12)9(11(13)14)7-15-6-3/h7-8H,4-6H2,1-3H3,(H,13,14)/p-1/b9-7-. The van der Waals surface area contributed by atoms with Crippen molar-refractivity contribution in [2.45, 2.75) is 33.6 Å². The molecule has 0 aromatic rings. The molecule has 86 valence electrons. The van der Waals surface area contributed by atoms with E-state index in [4.69, 9.17) is 4.74 Å². The molecule has 0 saturated heterocycles. The molecule has 0 atom stereocenters. The van der Waals surface area contributed by atoms with Gasteiger partial charge in [-0.15, -0.1) is 0 Å². The minimum atomic E-state index is -1.47. The van der Waals surface area contributed by atoms with Crippen molar-refractivity contribution in [2.75, 3.05) is 6.61 Å². The molecule has 0 N–H and O–H groups in total. The van der Waals surface area contributed by atoms with Gasteiger partial charge in [0.05, 0.1) is 24.4 Å². The molecule has 0 aliphatic heterocycles. The lowest BCUT2D eigenvalue weighted by Gasteiger charge is -2.14. The van der Waals surface area contributed by atoms with E-state index in [1.54, 1.807) is 6.92 Å². The number of ketones is 1. The van der Waals surface area contributed by atoms with Gasteiger partial charge in [-0.1, -0.05) is 13.8 Å². The van der Waals surface area contributed by atoms with Gasteiger partial charge in [0.2, 0.25) is 0 Å². The minimum absolute atomic E-state index is 0.269. The zero-order valence-electron chi connectivity index (χ0n) is 9.41. The summed E-state index contributed by atoms with van der Waals surface area (Å²) in [7, 11) is 0. The predicted molar refractivity (Wildman–Crippen MR) is 53.8 cm³/mol. The summed E-state index contributed by atoms with van der Waals surface area (Å²) in [6.07, 6.45) is 2.22. The number of ether oxygens (including phenoxy) is 1. The number of carbonyl (C=O) groups excluding carboxylic acids is 2. The summed E-state index contributed by atoms with van der Waals surface area (Å²) in [5.41, 5.74) is -0.370. The smallest absolute Gasteiger partial charge is 0.170 e. The molecular weight excluding hydrogens is 196 g/mol. The zero-order valence-corrected chi connectivity index (χ0v) is 9.41. The largest absolute Gasteiger partial charge is 0.545 e. The molecule has 0 heterocycles. The van der Waals surface area contributed by atoms with Crippen LogP contribution in [0.3, 0.4) is 0 Å². The third kappa shape index (κ3) is 4.14. The van der Waals surface area contributed by atoms with Crippen LogP contribution in [0.25, 0.3) is 0 Å². The number of Topliss-reactive ketones (excluding diaryl/α,β-unsaturated/α-hetero) is 1. The molecule has 0 unspecified atom stereocenters. The number of aliphatic carboxylic acids is 1. The Morgan fingerprint density at radius 1 is 1.27 bits per heavy atom. The lowest BCUT2D eigenvalue weighted by atomic mass is 9.93. The molecule has 4 heteroatoms. The second-order valence-corrected chi connectivity index (χ2v) is 3.15. The normalized spacial score (nSPS) is 11.6. The lowest BCUT2D eigenvalue weighted by molar-refractivity contribution is -0.299. The van der Waals surface area contributed by atoms with Crippen molar-refractivity contribution in [3.8, 4) is 0 Å². The van der Waals surface area contributed by atoms with Gasteiger partial charge in [-0.05, 0) is 19.8 Å². The van der Waals surface area contributed by atoms with E-state index >= 15 is 0 Å². The second kappa shape index (κ2) is 7.04. The van der Waals surface area contributed by atoms with Crippen molar-refractivity contribution in [3.63, 3.8) is 0 Å². The van der Waals surface area contributed by atoms with Crippen LogP contribution in [0.5, 0.6) is 0 Å². The molecule has 0 saturated carbocycles. The SMILES string of the molecule is CCO/C=C(\C(=O)[O-])C(=O)C(CC)CC. The van der Waals surface area contributed by atoms with E-state index in [1.165, 1.54) is 0 Å². The maximum atomic E-state index is 11.7. The Morgan fingerprint density at radius 2 is 1.80 bits per heavy atom. The quantitative estimate of drug-likeness (QED) is 0.270. The first-order chi connectivity index (χ1) is 7.08. The van der Waals surface area contributed by atoms with E-state index in [0.29, 0.717) is 19.4 Å². The van der Waals surface area contributed by atoms with Gasteiger partial charge in [0, 0.05) is 5.92 Å². The van der Waals surface area contributed by atoms with E-state index in [0.717, 1.165) is 6.26 Å². The summed E-state index contributed by atoms with van der Waals surface area (Å²) < 4.78 is 4.81. The molecule has 0 bridgehead atoms. The molecule has 0 spiro atoms. The highest BCUT2D eigenvalue weighted by Gasteiger charge is 2.19. The Labute approximate surface area is 89.9 Å². The molecular formula is C11H17O4-. The molecule has 0 rings (SSSR count). The fourth-order valence-electron chi connectivity index (χ4n) is 1.25. The van der Waals surface area contributed by atoms with Crippen molar-refractivity contribution in [1.82, 2.24) is 0 Å². The Balaban J connectivity index is 4.77. The molecule has 0 amide bonds. The molecule has 0 radical (unpaired) electrons. The summed E-state index contributed by atoms with van der Waals surface area (Å²) in [6, 6.07) is 0. The summed E-state index contributed by atoms with van der Waals surface area (Å²) >= 11 is 0. The molecule has 0 aromatic heterocycles. The monoisotopic (exact) mass is 213 g/mol. The first-order valence-corrected chi connectivity index (χ1v) is 5.15. The van der Waals surface area contributed by atoms with Crippen molar-refractivity contribution >= 4 is 11.8 Å². The van der Waals surface area contributed by atoms with Crippen LogP contribution in [-0.4, -0.2) is 18.4 Å². The van der Waals surface area contributed by atoms with Gasteiger partial charge in [-0.25, -0.2) is 0 Å². The van der Waals surface area contributed by atoms with Crippen molar-refractivity contribution < 1.29 is 19.4 Å². The van der Waals surface area contributed by atoms with Gasteiger partial charge in [0.15, 0.2) is 5.78 Å². The third-order valence-corrected chi connectivity index (χ3v) is 2.21. The van der Waals surface area contributed by atoms with Crippen molar-refractivity contribution in [3.05, 3.63) is 11.8 Å². The van der Waals surface area contributed by atoms with Crippen molar-refractivity contribution in [1.29, 1.82) is 0 Å². The van der Waals surface area contributed by atoms with Gasteiger partial charge >= 0.3 is 0 Å². The Hall–Kier alpha value is -1.32. The van der Waals surface area contributed by atoms with Crippen LogP contribution in [0.1, 0.15) is 33.6 Å². The average Bonchev–Trinajstić information content (AvgIpc) is 2.19. The molecule has 0 aliphatic carbocycles. The second-order valence-electron chi connectivity index (χ2n) is 3.15. The number of carboxylic acid groups (broad SMARTS) is 1. The van der Waals surface area contributed by atoms with E-state index in [1.807, 2.05) is 13.8 Å². The number of rotatable bonds is 7. The fraction of sp³-hybridized carbons (Fsp3) is 0.636. The number of carbonyl (C=O) groups is 2. The molecule has 0 aromatic carbocycles. The molecule has 4 nitrogen and oxygen atoms in total. The zero-order chi connectivity index (χ0) is 11.8. The Kier molecular flexibility index (Phi) is 6.42. The van der Waals surface area contributed by atoms with E-state index in [2.05, 4.69) is 0 Å². The molecule has 15 heavy (non-hydrogen) atoms. The first kappa shape index (κ1) is 13.7. The fourth-order valence-corrected chi connectivity index (χ4v) is 1.25. The Morgan fingerprint density at radius 3 is 2.13 bits per heavy atom. The summed E-state index contributed by atoms with van der Waals surface area (Å²) in [6.45, 7) is 5.73. The van der Waals surface area contributed by atoms with Crippen LogP contribution in [0.15, 0.2) is 11.8 Å². The maximum absolute atomic E-state index is 11.7. The van der Waals surface area contributed by atoms with Gasteiger partial charge in [0.25, 0.3) is 0 Å². The van der Waals surface area contributed by atoms with Gasteiger partial charge in [-0.3, -0.25) is 4.79 Å². The summed E-state index contributed by atoms with van der Waals surface area (Å²) in [4.78, 5) is 22.4. The molecule has 0 aliphatic rings. The summed E-state index contributed by atoms with van der Waals surface area (Å²) in [5, 5.41) is 10.7. The van der Waals surface area contributed by atoms with Crippen LogP contribution >= 0.6 is 0 Å². The van der Waals surface area contributed by atoms with E-state index in [9.17, 15) is 14.7 Å². The lowest BCUT2D eigenvalue weighted by Crippen LogP contribution is -2.31. The van der Waals surface area contributed by atoms with Crippen LogP contribution in [0, 0.1) is 5.92 Å². The average molecular weight is 213 g/mol. The highest BCUT2D eigenvalue weighted by Crippen LogP contribution is 2.14. The topological polar surface area (TPSA) is 66.4 Å². The first-order valence-electron chi connectivity index (χ1n) is 5.15. The van der Waals surface area contributed by atoms with Gasteiger partial charge in [-0.2, -0.15) is 0 Å². The van der Waals surface area contributed by atoms with Crippen molar-refractivity contribution in [2.24, 2.45) is 5.92 Å². The van der Waals surface area contributed by atoms with Crippen LogP contribution < -0.4 is 5.11 Å². The summed E-state index contributed by atoms with van der Waals surface area (Å²) in [5.74, 6) is -2.15. The van der Waals surface area contributed by atoms with Crippen LogP contribution in [0.4, 0.5) is 0 Å². The van der Waals surface area contributed by atoms with Gasteiger partial charge < -0.3 is 14.6 Å². The highest BCUT2D eigenvalue weighted by atomic mass is 16.5. The number of hydrogen-bond acceptors (Lipinski definition) is 4. The van der Waals surface area contributed by atoms with Gasteiger partial charge in [0.1, 0.15) is 0 Å². The predicted octanol–water partition coefficient (Wildman–Crippen LogP) is 0.662. The van der Waals surface area contributed by atoms with E-state index < -0.39 is 11.8 Å². The third-order valence-electron chi connectivity index (χ3n) is 2.21. The van der Waals surface area contributed by atoms with Crippen LogP contribution in [-0.2, 0) is 14.3 Å².